The van der Waals surface area contributed by atoms with E-state index in [2.05, 4.69) is 5.16 Å². The highest BCUT2D eigenvalue weighted by molar-refractivity contribution is 7.88. The van der Waals surface area contributed by atoms with E-state index in [0.29, 0.717) is 43.9 Å². The minimum absolute atomic E-state index is 0.0963. The maximum absolute atomic E-state index is 13.0. The van der Waals surface area contributed by atoms with Crippen molar-refractivity contribution in [2.45, 2.75) is 38.4 Å². The van der Waals surface area contributed by atoms with E-state index in [-0.39, 0.29) is 19.1 Å². The van der Waals surface area contributed by atoms with E-state index in [1.807, 2.05) is 19.0 Å². The zero-order valence-corrected chi connectivity index (χ0v) is 15.7. The van der Waals surface area contributed by atoms with Gasteiger partial charge in [0.15, 0.2) is 5.76 Å². The lowest BCUT2D eigenvalue weighted by molar-refractivity contribution is 0.0443. The van der Waals surface area contributed by atoms with Crippen LogP contribution in [-0.2, 0) is 23.1 Å². The number of piperidine rings is 1. The standard InChI is InChI=1S/C15H26F2N4O3S/c1-19(2)10-14-8-12(18-24-14)9-20(11-15(16)17)13-4-6-21(7-5-13)25(3,22)23/h8,13,15H,4-7,9-11H2,1-3H3. The van der Waals surface area contributed by atoms with Crippen molar-refractivity contribution in [3.05, 3.63) is 17.5 Å². The monoisotopic (exact) mass is 380 g/mol. The third-order valence-electron chi connectivity index (χ3n) is 4.23. The van der Waals surface area contributed by atoms with Crippen LogP contribution in [0.15, 0.2) is 10.6 Å². The molecular formula is C15H26F2N4O3S. The zero-order valence-electron chi connectivity index (χ0n) is 14.9. The van der Waals surface area contributed by atoms with Crippen molar-refractivity contribution in [2.75, 3.05) is 40.0 Å². The van der Waals surface area contributed by atoms with E-state index < -0.39 is 16.4 Å². The molecule has 1 aliphatic heterocycles. The smallest absolute Gasteiger partial charge is 0.251 e. The van der Waals surface area contributed by atoms with Crippen LogP contribution in [0, 0.1) is 0 Å². The molecule has 0 atom stereocenters. The minimum Gasteiger partial charge on any atom is -0.360 e. The SMILES string of the molecule is CN(C)Cc1cc(CN(CC(F)F)C2CCN(S(C)(=O)=O)CC2)no1. The van der Waals surface area contributed by atoms with Crippen molar-refractivity contribution in [2.24, 2.45) is 0 Å². The van der Waals surface area contributed by atoms with E-state index in [0.717, 1.165) is 0 Å². The molecule has 1 fully saturated rings. The molecule has 0 aromatic carbocycles. The van der Waals surface area contributed by atoms with Gasteiger partial charge in [-0.2, -0.15) is 0 Å². The van der Waals surface area contributed by atoms with Gasteiger partial charge in [-0.15, -0.1) is 0 Å². The van der Waals surface area contributed by atoms with Crippen molar-refractivity contribution in [3.63, 3.8) is 0 Å². The summed E-state index contributed by atoms with van der Waals surface area (Å²) in [5, 5.41) is 3.97. The Labute approximate surface area is 147 Å². The Bertz CT molecular complexity index is 643. The lowest BCUT2D eigenvalue weighted by Crippen LogP contribution is -2.47. The second-order valence-corrected chi connectivity index (χ2v) is 8.72. The molecule has 1 aliphatic rings. The summed E-state index contributed by atoms with van der Waals surface area (Å²) in [5.41, 5.74) is 0.614. The largest absolute Gasteiger partial charge is 0.360 e. The first-order valence-corrected chi connectivity index (χ1v) is 10.1. The highest BCUT2D eigenvalue weighted by atomic mass is 32.2. The van der Waals surface area contributed by atoms with Crippen LogP contribution in [-0.4, -0.2) is 80.1 Å². The summed E-state index contributed by atoms with van der Waals surface area (Å²) in [6, 6.07) is 1.69. The molecule has 0 saturated carbocycles. The summed E-state index contributed by atoms with van der Waals surface area (Å²) in [7, 11) is 0.577. The molecule has 1 aromatic heterocycles. The number of alkyl halides is 2. The molecule has 0 amide bonds. The quantitative estimate of drug-likeness (QED) is 0.676. The van der Waals surface area contributed by atoms with Crippen LogP contribution in [0.3, 0.4) is 0 Å². The Morgan fingerprint density at radius 3 is 2.48 bits per heavy atom. The fourth-order valence-electron chi connectivity index (χ4n) is 3.08. The molecule has 0 N–H and O–H groups in total. The maximum atomic E-state index is 13.0. The molecule has 0 aliphatic carbocycles. The van der Waals surface area contributed by atoms with Gasteiger partial charge in [0.05, 0.1) is 25.0 Å². The molecule has 0 radical (unpaired) electrons. The Kier molecular flexibility index (Phi) is 6.89. The fraction of sp³-hybridized carbons (Fsp3) is 0.800. The lowest BCUT2D eigenvalue weighted by atomic mass is 10.0. The van der Waals surface area contributed by atoms with E-state index in [9.17, 15) is 17.2 Å². The Hall–Kier alpha value is -1.10. The molecule has 25 heavy (non-hydrogen) atoms. The van der Waals surface area contributed by atoms with Gasteiger partial charge in [-0.05, 0) is 26.9 Å². The van der Waals surface area contributed by atoms with Crippen LogP contribution in [0.1, 0.15) is 24.3 Å². The van der Waals surface area contributed by atoms with Gasteiger partial charge in [0.25, 0.3) is 6.43 Å². The van der Waals surface area contributed by atoms with Crippen LogP contribution in [0.5, 0.6) is 0 Å². The minimum atomic E-state index is -3.23. The molecule has 10 heteroatoms. The summed E-state index contributed by atoms with van der Waals surface area (Å²) in [5.74, 6) is 0.684. The second kappa shape index (κ2) is 8.52. The molecule has 7 nitrogen and oxygen atoms in total. The predicted molar refractivity (Wildman–Crippen MR) is 89.7 cm³/mol. The number of rotatable bonds is 8. The first kappa shape index (κ1) is 20.2. The second-order valence-electron chi connectivity index (χ2n) is 6.74. The van der Waals surface area contributed by atoms with Gasteiger partial charge in [0.2, 0.25) is 10.0 Å². The highest BCUT2D eigenvalue weighted by Crippen LogP contribution is 2.21. The van der Waals surface area contributed by atoms with Gasteiger partial charge >= 0.3 is 0 Å². The van der Waals surface area contributed by atoms with Crippen LogP contribution < -0.4 is 0 Å². The number of nitrogens with zero attached hydrogens (tertiary/aromatic N) is 4. The van der Waals surface area contributed by atoms with E-state index in [1.54, 1.807) is 11.0 Å². The third kappa shape index (κ3) is 6.28. The summed E-state index contributed by atoms with van der Waals surface area (Å²) in [6.45, 7) is 1.21. The van der Waals surface area contributed by atoms with E-state index in [1.165, 1.54) is 10.6 Å². The Morgan fingerprint density at radius 2 is 1.96 bits per heavy atom. The summed E-state index contributed by atoms with van der Waals surface area (Å²) in [4.78, 5) is 3.61. The average molecular weight is 380 g/mol. The maximum Gasteiger partial charge on any atom is 0.251 e. The molecule has 2 heterocycles. The first-order chi connectivity index (χ1) is 11.6. The van der Waals surface area contributed by atoms with Crippen LogP contribution in [0.4, 0.5) is 8.78 Å². The normalized spacial score (nSPS) is 17.9. The van der Waals surface area contributed by atoms with E-state index in [4.69, 9.17) is 4.52 Å². The van der Waals surface area contributed by atoms with Gasteiger partial charge in [-0.1, -0.05) is 5.16 Å². The highest BCUT2D eigenvalue weighted by Gasteiger charge is 2.30. The Morgan fingerprint density at radius 1 is 1.32 bits per heavy atom. The first-order valence-electron chi connectivity index (χ1n) is 8.21. The third-order valence-corrected chi connectivity index (χ3v) is 5.53. The van der Waals surface area contributed by atoms with Crippen LogP contribution in [0.2, 0.25) is 0 Å². The van der Waals surface area contributed by atoms with Crippen molar-refractivity contribution >= 4 is 10.0 Å². The fourth-order valence-corrected chi connectivity index (χ4v) is 3.96. The molecule has 144 valence electrons. The zero-order chi connectivity index (χ0) is 18.6. The molecule has 2 rings (SSSR count). The van der Waals surface area contributed by atoms with Gasteiger partial charge < -0.3 is 9.42 Å². The number of hydrogen-bond acceptors (Lipinski definition) is 6. The number of hydrogen-bond donors (Lipinski definition) is 0. The summed E-state index contributed by atoms with van der Waals surface area (Å²) < 4.78 is 55.8. The average Bonchev–Trinajstić information content (AvgIpc) is 2.91. The van der Waals surface area contributed by atoms with Gasteiger partial charge in [0, 0.05) is 31.7 Å². The van der Waals surface area contributed by atoms with Crippen LogP contribution in [0.25, 0.3) is 0 Å². The van der Waals surface area contributed by atoms with Crippen molar-refractivity contribution < 1.29 is 21.7 Å². The molecule has 0 bridgehead atoms. The summed E-state index contributed by atoms with van der Waals surface area (Å²) in [6.07, 6.45) is -0.225. The molecule has 0 spiro atoms. The number of aromatic nitrogens is 1. The van der Waals surface area contributed by atoms with Crippen molar-refractivity contribution in [3.8, 4) is 0 Å². The topological polar surface area (TPSA) is 69.9 Å². The summed E-state index contributed by atoms with van der Waals surface area (Å²) >= 11 is 0. The molecular weight excluding hydrogens is 354 g/mol. The van der Waals surface area contributed by atoms with Crippen molar-refractivity contribution in [1.29, 1.82) is 0 Å². The Balaban J connectivity index is 2.00. The lowest BCUT2D eigenvalue weighted by Gasteiger charge is -2.37. The predicted octanol–water partition coefficient (Wildman–Crippen LogP) is 1.23. The van der Waals surface area contributed by atoms with Gasteiger partial charge in [-0.3, -0.25) is 4.90 Å². The molecule has 0 unspecified atom stereocenters. The number of sulfonamides is 1. The molecule has 1 aromatic rings. The van der Waals surface area contributed by atoms with Crippen LogP contribution >= 0.6 is 0 Å². The molecule has 1 saturated heterocycles. The van der Waals surface area contributed by atoms with Crippen molar-refractivity contribution in [1.82, 2.24) is 19.3 Å². The van der Waals surface area contributed by atoms with Gasteiger partial charge in [-0.25, -0.2) is 21.5 Å². The van der Waals surface area contributed by atoms with Gasteiger partial charge in [0.1, 0.15) is 0 Å². The number of halogens is 2. The van der Waals surface area contributed by atoms with E-state index >= 15 is 0 Å².